The second-order valence-corrected chi connectivity index (χ2v) is 5.76. The number of ether oxygens (including phenoxy) is 2. The second-order valence-electron chi connectivity index (χ2n) is 5.76. The molecule has 0 aliphatic carbocycles. The first kappa shape index (κ1) is 16.0. The van der Waals surface area contributed by atoms with Crippen LogP contribution in [0.15, 0.2) is 59.3 Å². The van der Waals surface area contributed by atoms with Gasteiger partial charge in [-0.2, -0.15) is 0 Å². The third-order valence-corrected chi connectivity index (χ3v) is 4.32. The summed E-state index contributed by atoms with van der Waals surface area (Å²) in [6, 6.07) is 13.1. The maximum Gasteiger partial charge on any atom is 0.212 e. The molecule has 3 heterocycles. The normalized spacial score (nSPS) is 16.0. The van der Waals surface area contributed by atoms with Crippen LogP contribution in [0.5, 0.6) is 11.6 Å². The number of hydrogen-bond acceptors (Lipinski definition) is 6. The van der Waals surface area contributed by atoms with Gasteiger partial charge in [-0.3, -0.25) is 5.41 Å². The molecule has 2 N–H and O–H groups in total. The van der Waals surface area contributed by atoms with Crippen molar-refractivity contribution in [3.05, 3.63) is 66.1 Å². The van der Waals surface area contributed by atoms with E-state index in [0.29, 0.717) is 23.2 Å². The van der Waals surface area contributed by atoms with Crippen LogP contribution in [0.2, 0.25) is 0 Å². The van der Waals surface area contributed by atoms with Crippen LogP contribution in [0.25, 0.3) is 0 Å². The molecule has 1 aromatic carbocycles. The Balaban J connectivity index is 1.78. The van der Waals surface area contributed by atoms with Gasteiger partial charge in [-0.15, -0.1) is 0 Å². The van der Waals surface area contributed by atoms with E-state index >= 15 is 0 Å². The Morgan fingerprint density at radius 1 is 1.08 bits per heavy atom. The number of fused-ring (bicyclic) bond motifs is 1. The van der Waals surface area contributed by atoms with Crippen LogP contribution < -0.4 is 19.7 Å². The lowest BCUT2D eigenvalue weighted by atomic mass is 10.1. The van der Waals surface area contributed by atoms with E-state index < -0.39 is 0 Å². The third kappa shape index (κ3) is 2.63. The van der Waals surface area contributed by atoms with Gasteiger partial charge in [0.05, 0.1) is 26.0 Å². The lowest BCUT2D eigenvalue weighted by molar-refractivity contribution is 0.397. The van der Waals surface area contributed by atoms with E-state index in [-0.39, 0.29) is 6.17 Å². The summed E-state index contributed by atoms with van der Waals surface area (Å²) < 4.78 is 15.9. The lowest BCUT2D eigenvalue weighted by Gasteiger charge is -2.37. The molecule has 1 aliphatic heterocycles. The molecule has 0 fully saturated rings. The van der Waals surface area contributed by atoms with Gasteiger partial charge in [0, 0.05) is 23.5 Å². The Morgan fingerprint density at radius 2 is 1.88 bits per heavy atom. The van der Waals surface area contributed by atoms with Gasteiger partial charge >= 0.3 is 0 Å². The fraction of sp³-hybridized carbons (Fsp3) is 0.158. The van der Waals surface area contributed by atoms with Gasteiger partial charge in [0.15, 0.2) is 0 Å². The van der Waals surface area contributed by atoms with Crippen molar-refractivity contribution in [3.8, 4) is 11.6 Å². The molecule has 0 spiro atoms. The van der Waals surface area contributed by atoms with Crippen LogP contribution in [0.4, 0.5) is 11.6 Å². The minimum atomic E-state index is -0.340. The van der Waals surface area contributed by atoms with Gasteiger partial charge in [-0.25, -0.2) is 4.98 Å². The highest BCUT2D eigenvalue weighted by atomic mass is 16.5. The van der Waals surface area contributed by atoms with Gasteiger partial charge in [0.2, 0.25) is 11.8 Å². The third-order valence-electron chi connectivity index (χ3n) is 4.32. The SMILES string of the molecule is COc1ccc(N2C(=N)c3ccoc3NC2c2ccc(OC)nc2)cc1. The Hall–Kier alpha value is -3.48. The average molecular weight is 350 g/mol. The van der Waals surface area contributed by atoms with Crippen molar-refractivity contribution in [2.45, 2.75) is 6.17 Å². The van der Waals surface area contributed by atoms with Crippen molar-refractivity contribution in [2.24, 2.45) is 0 Å². The number of nitrogens with one attached hydrogen (secondary N) is 2. The van der Waals surface area contributed by atoms with E-state index in [1.807, 2.05) is 35.2 Å². The molecule has 7 heteroatoms. The molecule has 4 rings (SSSR count). The number of benzene rings is 1. The number of aromatic nitrogens is 1. The predicted octanol–water partition coefficient (Wildman–Crippen LogP) is 3.65. The number of hydrogen-bond donors (Lipinski definition) is 2. The summed E-state index contributed by atoms with van der Waals surface area (Å²) in [4.78, 5) is 6.18. The quantitative estimate of drug-likeness (QED) is 0.747. The summed E-state index contributed by atoms with van der Waals surface area (Å²) in [5.74, 6) is 2.21. The molecular formula is C19H18N4O3. The Kier molecular flexibility index (Phi) is 3.96. The van der Waals surface area contributed by atoms with Crippen molar-refractivity contribution in [1.82, 2.24) is 4.98 Å². The molecule has 1 aliphatic rings. The zero-order valence-corrected chi connectivity index (χ0v) is 14.4. The largest absolute Gasteiger partial charge is 0.497 e. The van der Waals surface area contributed by atoms with Crippen LogP contribution in [0.3, 0.4) is 0 Å². The van der Waals surface area contributed by atoms with Crippen molar-refractivity contribution < 1.29 is 13.9 Å². The molecule has 0 amide bonds. The number of anilines is 2. The maximum atomic E-state index is 8.69. The molecule has 26 heavy (non-hydrogen) atoms. The summed E-state index contributed by atoms with van der Waals surface area (Å²) in [7, 11) is 3.21. The molecular weight excluding hydrogens is 332 g/mol. The maximum absolute atomic E-state index is 8.69. The standard InChI is InChI=1S/C19H18N4O3/c1-24-14-6-4-13(5-7-14)23-17(20)15-9-10-26-19(15)22-18(23)12-3-8-16(25-2)21-11-12/h3-11,18,20,22H,1-2H3. The van der Waals surface area contributed by atoms with Crippen LogP contribution >= 0.6 is 0 Å². The summed E-state index contributed by atoms with van der Waals surface area (Å²) in [6.07, 6.45) is 2.97. The molecule has 2 aromatic heterocycles. The number of rotatable bonds is 4. The monoisotopic (exact) mass is 350 g/mol. The molecule has 0 radical (unpaired) electrons. The van der Waals surface area contributed by atoms with Gasteiger partial charge < -0.3 is 24.1 Å². The molecule has 0 saturated heterocycles. The zero-order chi connectivity index (χ0) is 18.1. The summed E-state index contributed by atoms with van der Waals surface area (Å²) in [5.41, 5.74) is 2.45. The smallest absolute Gasteiger partial charge is 0.212 e. The van der Waals surface area contributed by atoms with E-state index in [9.17, 15) is 0 Å². The van der Waals surface area contributed by atoms with Crippen LogP contribution in [-0.4, -0.2) is 25.0 Å². The van der Waals surface area contributed by atoms with Crippen molar-refractivity contribution in [3.63, 3.8) is 0 Å². The van der Waals surface area contributed by atoms with Gasteiger partial charge in [-0.1, -0.05) is 0 Å². The minimum Gasteiger partial charge on any atom is -0.497 e. The van der Waals surface area contributed by atoms with E-state index in [0.717, 1.165) is 17.0 Å². The van der Waals surface area contributed by atoms with E-state index in [1.54, 1.807) is 38.8 Å². The second kappa shape index (κ2) is 6.44. The highest BCUT2D eigenvalue weighted by Gasteiger charge is 2.33. The van der Waals surface area contributed by atoms with Gasteiger partial charge in [0.25, 0.3) is 0 Å². The number of methoxy groups -OCH3 is 2. The molecule has 1 unspecified atom stereocenters. The van der Waals surface area contributed by atoms with Crippen LogP contribution in [0.1, 0.15) is 17.3 Å². The van der Waals surface area contributed by atoms with Crippen molar-refractivity contribution in [2.75, 3.05) is 24.4 Å². The predicted molar refractivity (Wildman–Crippen MR) is 98.2 cm³/mol. The number of furan rings is 1. The number of nitrogens with zero attached hydrogens (tertiary/aromatic N) is 2. The van der Waals surface area contributed by atoms with Crippen molar-refractivity contribution in [1.29, 1.82) is 5.41 Å². The van der Waals surface area contributed by atoms with Gasteiger partial charge in [0.1, 0.15) is 17.8 Å². The Bertz CT molecular complexity index is 919. The van der Waals surface area contributed by atoms with Gasteiger partial charge in [-0.05, 0) is 36.4 Å². The van der Waals surface area contributed by atoms with E-state index in [1.165, 1.54) is 0 Å². The zero-order valence-electron chi connectivity index (χ0n) is 14.4. The first-order valence-electron chi connectivity index (χ1n) is 8.07. The summed E-state index contributed by atoms with van der Waals surface area (Å²) >= 11 is 0. The first-order valence-corrected chi connectivity index (χ1v) is 8.07. The van der Waals surface area contributed by atoms with E-state index in [2.05, 4.69) is 10.3 Å². The molecule has 0 saturated carbocycles. The number of amidine groups is 1. The molecule has 1 atom stereocenters. The minimum absolute atomic E-state index is 0.340. The van der Waals surface area contributed by atoms with Crippen LogP contribution in [-0.2, 0) is 0 Å². The molecule has 0 bridgehead atoms. The van der Waals surface area contributed by atoms with E-state index in [4.69, 9.17) is 19.3 Å². The average Bonchev–Trinajstić information content (AvgIpc) is 3.17. The topological polar surface area (TPSA) is 83.6 Å². The Morgan fingerprint density at radius 3 is 2.54 bits per heavy atom. The Labute approximate surface area is 150 Å². The van der Waals surface area contributed by atoms with Crippen molar-refractivity contribution >= 4 is 17.4 Å². The highest BCUT2D eigenvalue weighted by molar-refractivity contribution is 6.12. The molecule has 7 nitrogen and oxygen atoms in total. The molecule has 3 aromatic rings. The summed E-state index contributed by atoms with van der Waals surface area (Å²) in [5, 5.41) is 12.0. The fourth-order valence-corrected chi connectivity index (χ4v) is 2.98. The highest BCUT2D eigenvalue weighted by Crippen LogP contribution is 2.37. The molecule has 132 valence electrons. The summed E-state index contributed by atoms with van der Waals surface area (Å²) in [6.45, 7) is 0. The first-order chi connectivity index (χ1) is 12.7. The number of pyridine rings is 1. The fourth-order valence-electron chi connectivity index (χ4n) is 2.98. The lowest BCUT2D eigenvalue weighted by Crippen LogP contribution is -2.42. The van der Waals surface area contributed by atoms with Crippen LogP contribution in [0, 0.1) is 5.41 Å².